The first-order valence-corrected chi connectivity index (χ1v) is 3.39. The molecule has 2 unspecified atom stereocenters. The summed E-state index contributed by atoms with van der Waals surface area (Å²) in [5.74, 6) is 0. The van der Waals surface area contributed by atoms with Crippen LogP contribution in [-0.4, -0.2) is 9.79 Å². The monoisotopic (exact) mass is 190 g/mol. The minimum atomic E-state index is -2.92. The minimum Gasteiger partial charge on any atom is -0.131 e. The van der Waals surface area contributed by atoms with E-state index in [2.05, 4.69) is 4.31 Å². The second kappa shape index (κ2) is 10.1. The van der Waals surface area contributed by atoms with Crippen LogP contribution in [0.1, 0.15) is 0 Å². The van der Waals surface area contributed by atoms with E-state index in [1.165, 1.54) is 0 Å². The molecule has 0 spiro atoms. The molecule has 2 atom stereocenters. The van der Waals surface area contributed by atoms with Crippen molar-refractivity contribution < 1.29 is 82.3 Å². The summed E-state index contributed by atoms with van der Waals surface area (Å²) in [5, 5.41) is 0. The average Bonchev–Trinajstić information content (AvgIpc) is 1.27. The van der Waals surface area contributed by atoms with Gasteiger partial charge in [-0.1, -0.05) is 0 Å². The Balaban J connectivity index is -0.000000180. The Morgan fingerprint density at radius 3 is 1.22 bits per heavy atom. The molecule has 2 N–H and O–H groups in total. The first kappa shape index (κ1) is 17.2. The second-order valence-corrected chi connectivity index (χ2v) is 2.16. The summed E-state index contributed by atoms with van der Waals surface area (Å²) >= 11 is 0. The van der Waals surface area contributed by atoms with Crippen LogP contribution in [0, 0.1) is 0 Å². The summed E-state index contributed by atoms with van der Waals surface area (Å²) in [4.78, 5) is 15.3. The van der Waals surface area contributed by atoms with Gasteiger partial charge in [0.05, 0.1) is 0 Å². The van der Waals surface area contributed by atoms with Crippen molar-refractivity contribution in [3.05, 3.63) is 0 Å². The zero-order valence-corrected chi connectivity index (χ0v) is 10.8. The van der Waals surface area contributed by atoms with E-state index in [4.69, 9.17) is 9.79 Å². The normalized spacial score (nSPS) is 10.4. The zero-order valence-electron chi connectivity index (χ0n) is 5.01. The van der Waals surface area contributed by atoms with E-state index >= 15 is 0 Å². The van der Waals surface area contributed by atoms with Crippen LogP contribution in [0.5, 0.6) is 0 Å². The van der Waals surface area contributed by atoms with Gasteiger partial charge in [-0.2, -0.15) is 0 Å². The SMILES string of the molecule is O=[P+](O)O[P+](=O)O.[Na+].[Na+]. The summed E-state index contributed by atoms with van der Waals surface area (Å²) in [6, 6.07) is 0. The summed E-state index contributed by atoms with van der Waals surface area (Å²) < 4.78 is 22.2. The van der Waals surface area contributed by atoms with Gasteiger partial charge in [0, 0.05) is 9.13 Å². The second-order valence-electron chi connectivity index (χ2n) is 0.557. The molecule has 0 aliphatic carbocycles. The Labute approximate surface area is 97.7 Å². The van der Waals surface area contributed by atoms with Crippen molar-refractivity contribution in [1.29, 1.82) is 0 Å². The van der Waals surface area contributed by atoms with Crippen molar-refractivity contribution in [2.75, 3.05) is 0 Å². The topological polar surface area (TPSA) is 83.8 Å². The van der Waals surface area contributed by atoms with Gasteiger partial charge in [-0.25, -0.2) is 0 Å². The van der Waals surface area contributed by atoms with Crippen molar-refractivity contribution in [1.82, 2.24) is 0 Å². The van der Waals surface area contributed by atoms with Crippen molar-refractivity contribution in [2.24, 2.45) is 0 Å². The van der Waals surface area contributed by atoms with Crippen LogP contribution in [0.15, 0.2) is 0 Å². The van der Waals surface area contributed by atoms with E-state index in [-0.39, 0.29) is 59.1 Å². The maximum absolute atomic E-state index is 9.39. The maximum atomic E-state index is 9.39. The number of hydrogen-bond donors (Lipinski definition) is 2. The van der Waals surface area contributed by atoms with Gasteiger partial charge >= 0.3 is 75.6 Å². The quantitative estimate of drug-likeness (QED) is 0.335. The molecule has 9 heavy (non-hydrogen) atoms. The molecular formula is H2Na2O5P2+4. The fourth-order valence-corrected chi connectivity index (χ4v) is 0.538. The van der Waals surface area contributed by atoms with Crippen LogP contribution in [0.4, 0.5) is 0 Å². The third kappa shape index (κ3) is 17.8. The largest absolute Gasteiger partial charge is 1.00 e. The standard InChI is InChI=1S/2Na.O5P2/c;;1-6(2)5-7(3)4/q2*+1;/p+2. The van der Waals surface area contributed by atoms with Crippen molar-refractivity contribution in [3.63, 3.8) is 0 Å². The molecule has 0 heterocycles. The van der Waals surface area contributed by atoms with Crippen LogP contribution in [0.25, 0.3) is 0 Å². The molecule has 0 saturated heterocycles. The van der Waals surface area contributed by atoms with Gasteiger partial charge in [0.1, 0.15) is 0 Å². The van der Waals surface area contributed by atoms with Crippen molar-refractivity contribution >= 4 is 16.5 Å². The Kier molecular flexibility index (Phi) is 19.3. The molecule has 5 nitrogen and oxygen atoms in total. The number of rotatable bonds is 2. The van der Waals surface area contributed by atoms with Crippen LogP contribution in [0.2, 0.25) is 0 Å². The first-order valence-electron chi connectivity index (χ1n) is 1.13. The van der Waals surface area contributed by atoms with Gasteiger partial charge in [-0.3, -0.25) is 0 Å². The molecular weight excluding hydrogens is 188 g/mol. The third-order valence-electron chi connectivity index (χ3n) is 0.140. The van der Waals surface area contributed by atoms with Gasteiger partial charge in [0.2, 0.25) is 0 Å². The van der Waals surface area contributed by atoms with E-state index < -0.39 is 16.5 Å². The Hall–Kier alpha value is 2.08. The van der Waals surface area contributed by atoms with Crippen LogP contribution in [0.3, 0.4) is 0 Å². The molecule has 0 aromatic heterocycles. The summed E-state index contributed by atoms with van der Waals surface area (Å²) in [5.41, 5.74) is 0. The summed E-state index contributed by atoms with van der Waals surface area (Å²) in [6.45, 7) is 0. The van der Waals surface area contributed by atoms with Gasteiger partial charge < -0.3 is 0 Å². The molecule has 0 bridgehead atoms. The summed E-state index contributed by atoms with van der Waals surface area (Å²) in [6.07, 6.45) is 0. The number of hydrogen-bond acceptors (Lipinski definition) is 3. The van der Waals surface area contributed by atoms with Crippen LogP contribution >= 0.6 is 16.5 Å². The molecule has 0 aliphatic rings. The van der Waals surface area contributed by atoms with E-state index in [1.54, 1.807) is 0 Å². The Morgan fingerprint density at radius 2 is 1.22 bits per heavy atom. The smallest absolute Gasteiger partial charge is 0.131 e. The van der Waals surface area contributed by atoms with Crippen molar-refractivity contribution in [2.45, 2.75) is 0 Å². The predicted molar refractivity (Wildman–Crippen MR) is 20.7 cm³/mol. The van der Waals surface area contributed by atoms with Gasteiger partial charge in [0.25, 0.3) is 0 Å². The predicted octanol–water partition coefficient (Wildman–Crippen LogP) is -5.69. The molecule has 0 fully saturated rings. The van der Waals surface area contributed by atoms with E-state index in [9.17, 15) is 9.13 Å². The maximum Gasteiger partial charge on any atom is 1.00 e. The Morgan fingerprint density at radius 1 is 1.00 bits per heavy atom. The molecule has 0 rings (SSSR count). The first-order chi connectivity index (χ1) is 3.13. The van der Waals surface area contributed by atoms with Gasteiger partial charge in [-0.15, -0.1) is 9.79 Å². The molecule has 0 radical (unpaired) electrons. The molecule has 40 valence electrons. The zero-order chi connectivity index (χ0) is 5.86. The van der Waals surface area contributed by atoms with Gasteiger partial charge in [-0.05, 0) is 0 Å². The average molecular weight is 190 g/mol. The fourth-order valence-electron chi connectivity index (χ4n) is 0.0598. The molecule has 0 aliphatic heterocycles. The van der Waals surface area contributed by atoms with Gasteiger partial charge in [0.15, 0.2) is 4.31 Å². The minimum absolute atomic E-state index is 0. The van der Waals surface area contributed by atoms with E-state index in [1.807, 2.05) is 0 Å². The van der Waals surface area contributed by atoms with Crippen molar-refractivity contribution in [3.8, 4) is 0 Å². The molecule has 0 saturated carbocycles. The molecule has 0 aromatic carbocycles. The summed E-state index contributed by atoms with van der Waals surface area (Å²) in [7, 11) is -5.85. The van der Waals surface area contributed by atoms with Crippen LogP contribution in [-0.2, 0) is 13.4 Å². The molecule has 9 heteroatoms. The molecule has 0 aromatic rings. The van der Waals surface area contributed by atoms with Crippen LogP contribution < -0.4 is 59.1 Å². The Bertz CT molecular complexity index is 89.1. The van der Waals surface area contributed by atoms with E-state index in [0.717, 1.165) is 0 Å². The van der Waals surface area contributed by atoms with E-state index in [0.29, 0.717) is 0 Å². The molecule has 0 amide bonds. The fraction of sp³-hybridized carbons (Fsp3) is 0. The third-order valence-corrected chi connectivity index (χ3v) is 1.26.